The van der Waals surface area contributed by atoms with E-state index in [1.807, 2.05) is 78.3 Å². The van der Waals surface area contributed by atoms with Crippen molar-refractivity contribution in [3.05, 3.63) is 84.4 Å². The Morgan fingerprint density at radius 1 is 0.717 bits per heavy atom. The molecule has 11 nitrogen and oxygen atoms in total. The van der Waals surface area contributed by atoms with Gasteiger partial charge < -0.3 is 36.3 Å². The molecule has 0 amide bonds. The van der Waals surface area contributed by atoms with Gasteiger partial charge in [-0.2, -0.15) is 0 Å². The van der Waals surface area contributed by atoms with E-state index < -0.39 is 5.60 Å². The molecule has 236 valence electrons. The molecule has 0 saturated carbocycles. The maximum Gasteiger partial charge on any atom is 0.206 e. The first kappa shape index (κ1) is 30.6. The van der Waals surface area contributed by atoms with Gasteiger partial charge in [-0.3, -0.25) is 0 Å². The van der Waals surface area contributed by atoms with Crippen LogP contribution in [-0.4, -0.2) is 53.4 Å². The van der Waals surface area contributed by atoms with Gasteiger partial charge in [0.1, 0.15) is 11.0 Å². The fourth-order valence-corrected chi connectivity index (χ4v) is 5.91. The number of fused-ring (bicyclic) bond motifs is 6. The lowest BCUT2D eigenvalue weighted by Crippen LogP contribution is -2.29. The molecule has 0 aliphatic rings. The van der Waals surface area contributed by atoms with E-state index in [0.717, 1.165) is 57.3 Å². The second-order valence-electron chi connectivity index (χ2n) is 12.2. The van der Waals surface area contributed by atoms with E-state index in [1.165, 1.54) is 0 Å². The molecule has 0 atom stereocenters. The van der Waals surface area contributed by atoms with Crippen LogP contribution in [-0.2, 0) is 13.1 Å². The lowest BCUT2D eigenvalue weighted by Gasteiger charge is -2.24. The maximum absolute atomic E-state index is 10.4. The number of aliphatic hydroxyl groups is 1. The Kier molecular flexibility index (Phi) is 8.09. The van der Waals surface area contributed by atoms with Crippen LogP contribution in [0.2, 0.25) is 0 Å². The SMILES string of the molecule is CCCN(C)c1nc2c(N)nc3ccccc3c2n1CC(C)(C)O.Nc1nc2ccccc2c2c1nc(N)n2Cc1ccccc1. The minimum absolute atomic E-state index is 0.409. The summed E-state index contributed by atoms with van der Waals surface area (Å²) in [6.07, 6.45) is 1.01. The highest BCUT2D eigenvalue weighted by atomic mass is 16.3. The number of hydrogen-bond acceptors (Lipinski definition) is 9. The van der Waals surface area contributed by atoms with Crippen molar-refractivity contribution in [3.63, 3.8) is 0 Å². The van der Waals surface area contributed by atoms with E-state index in [2.05, 4.69) is 43.5 Å². The zero-order chi connectivity index (χ0) is 32.6. The molecule has 0 unspecified atom stereocenters. The molecule has 46 heavy (non-hydrogen) atoms. The van der Waals surface area contributed by atoms with Gasteiger partial charge in [-0.1, -0.05) is 73.7 Å². The third kappa shape index (κ3) is 5.84. The monoisotopic (exact) mass is 616 g/mol. The number of imidazole rings is 2. The summed E-state index contributed by atoms with van der Waals surface area (Å²) < 4.78 is 4.05. The van der Waals surface area contributed by atoms with Crippen molar-refractivity contribution in [2.24, 2.45) is 0 Å². The summed E-state index contributed by atoms with van der Waals surface area (Å²) in [6.45, 7) is 7.69. The number of para-hydroxylation sites is 2. The second kappa shape index (κ2) is 12.2. The first-order valence-corrected chi connectivity index (χ1v) is 15.4. The Morgan fingerprint density at radius 2 is 1.24 bits per heavy atom. The van der Waals surface area contributed by atoms with E-state index in [-0.39, 0.29) is 0 Å². The van der Waals surface area contributed by atoms with Crippen LogP contribution in [0.3, 0.4) is 0 Å². The van der Waals surface area contributed by atoms with Crippen LogP contribution in [0.25, 0.3) is 43.9 Å². The maximum atomic E-state index is 10.4. The molecule has 11 heteroatoms. The van der Waals surface area contributed by atoms with Gasteiger partial charge >= 0.3 is 0 Å². The number of nitrogen functional groups attached to an aromatic ring is 3. The predicted octanol–water partition coefficient (Wildman–Crippen LogP) is 5.58. The number of aromatic nitrogens is 6. The van der Waals surface area contributed by atoms with Gasteiger partial charge in [0.15, 0.2) is 11.6 Å². The van der Waals surface area contributed by atoms with Crippen molar-refractivity contribution in [3.8, 4) is 0 Å². The second-order valence-corrected chi connectivity index (χ2v) is 12.2. The molecule has 7 rings (SSSR count). The van der Waals surface area contributed by atoms with Crippen molar-refractivity contribution in [1.82, 2.24) is 29.1 Å². The van der Waals surface area contributed by atoms with Gasteiger partial charge in [0.25, 0.3) is 0 Å². The van der Waals surface area contributed by atoms with E-state index in [0.29, 0.717) is 41.7 Å². The van der Waals surface area contributed by atoms with Gasteiger partial charge in [-0.25, -0.2) is 19.9 Å². The molecule has 0 spiro atoms. The van der Waals surface area contributed by atoms with Crippen molar-refractivity contribution in [1.29, 1.82) is 0 Å². The predicted molar refractivity (Wildman–Crippen MR) is 189 cm³/mol. The topological polar surface area (TPSA) is 163 Å². The number of pyridine rings is 2. The molecule has 7 N–H and O–H groups in total. The average molecular weight is 617 g/mol. The number of anilines is 4. The van der Waals surface area contributed by atoms with Gasteiger partial charge in [0, 0.05) is 24.4 Å². The molecule has 4 heterocycles. The van der Waals surface area contributed by atoms with Crippen molar-refractivity contribution >= 4 is 67.4 Å². The molecular formula is C35H40N10O. The summed E-state index contributed by atoms with van der Waals surface area (Å²) in [7, 11) is 2.01. The first-order valence-electron chi connectivity index (χ1n) is 15.4. The van der Waals surface area contributed by atoms with Crippen molar-refractivity contribution in [2.45, 2.75) is 45.9 Å². The van der Waals surface area contributed by atoms with Crippen LogP contribution in [0.1, 0.15) is 32.8 Å². The molecular weight excluding hydrogens is 576 g/mol. The number of nitrogens with zero attached hydrogens (tertiary/aromatic N) is 7. The highest BCUT2D eigenvalue weighted by Crippen LogP contribution is 2.33. The fourth-order valence-electron chi connectivity index (χ4n) is 5.91. The van der Waals surface area contributed by atoms with E-state index in [1.54, 1.807) is 13.8 Å². The third-order valence-electron chi connectivity index (χ3n) is 7.86. The van der Waals surface area contributed by atoms with Gasteiger partial charge in [-0.15, -0.1) is 0 Å². The van der Waals surface area contributed by atoms with Gasteiger partial charge in [0.05, 0.1) is 40.8 Å². The summed E-state index contributed by atoms with van der Waals surface area (Å²) in [5.74, 6) is 2.08. The summed E-state index contributed by atoms with van der Waals surface area (Å²) in [4.78, 5) is 20.2. The Morgan fingerprint density at radius 3 is 1.80 bits per heavy atom. The smallest absolute Gasteiger partial charge is 0.206 e. The van der Waals surface area contributed by atoms with Crippen LogP contribution in [0.5, 0.6) is 0 Å². The van der Waals surface area contributed by atoms with Gasteiger partial charge in [0.2, 0.25) is 11.9 Å². The Balaban J connectivity index is 0.000000162. The molecule has 4 aromatic heterocycles. The summed E-state index contributed by atoms with van der Waals surface area (Å²) >= 11 is 0. The highest BCUT2D eigenvalue weighted by molar-refractivity contribution is 6.08. The molecule has 0 fully saturated rings. The van der Waals surface area contributed by atoms with Crippen LogP contribution in [0.15, 0.2) is 78.9 Å². The fraction of sp³-hybridized carbons (Fsp3) is 0.257. The number of rotatable bonds is 7. The van der Waals surface area contributed by atoms with Gasteiger partial charge in [-0.05, 0) is 38.0 Å². The Labute approximate surface area is 267 Å². The largest absolute Gasteiger partial charge is 0.389 e. The minimum atomic E-state index is -0.866. The standard InChI is InChI=1S/C18H25N5O.C17H15N5/c1-5-10-22(4)17-21-14-15(23(17)11-18(2,3)24)12-8-6-7-9-13(12)20-16(14)19;18-16-14-15(12-8-4-5-9-13(12)20-16)22(17(19)21-14)10-11-6-2-1-3-7-11/h6-9,24H,5,10-11H2,1-4H3,(H2,19,20);1-9H,10H2,(H2,18,20)(H2,19,21). The third-order valence-corrected chi connectivity index (χ3v) is 7.86. The van der Waals surface area contributed by atoms with Crippen LogP contribution in [0.4, 0.5) is 23.5 Å². The molecule has 7 aromatic rings. The zero-order valence-corrected chi connectivity index (χ0v) is 26.6. The summed E-state index contributed by atoms with van der Waals surface area (Å²) in [6, 6.07) is 25.9. The van der Waals surface area contributed by atoms with E-state index in [4.69, 9.17) is 22.2 Å². The highest BCUT2D eigenvalue weighted by Gasteiger charge is 2.24. The Hall–Kier alpha value is -5.42. The normalized spacial score (nSPS) is 11.8. The Bertz CT molecular complexity index is 2160. The zero-order valence-electron chi connectivity index (χ0n) is 26.6. The number of hydrogen-bond donors (Lipinski definition) is 4. The van der Waals surface area contributed by atoms with E-state index in [9.17, 15) is 5.11 Å². The van der Waals surface area contributed by atoms with Crippen molar-refractivity contribution in [2.75, 3.05) is 35.7 Å². The van der Waals surface area contributed by atoms with Crippen LogP contribution < -0.4 is 22.1 Å². The molecule has 3 aromatic carbocycles. The lowest BCUT2D eigenvalue weighted by molar-refractivity contribution is 0.0631. The lowest BCUT2D eigenvalue weighted by atomic mass is 10.1. The molecule has 0 aliphatic carbocycles. The first-order chi connectivity index (χ1) is 22.1. The summed E-state index contributed by atoms with van der Waals surface area (Å²) in [5.41, 5.74) is 23.6. The minimum Gasteiger partial charge on any atom is -0.389 e. The molecule has 0 saturated heterocycles. The molecule has 0 bridgehead atoms. The number of nitrogens with two attached hydrogens (primary N) is 3. The quantitative estimate of drug-likeness (QED) is 0.179. The van der Waals surface area contributed by atoms with Crippen LogP contribution in [0, 0.1) is 0 Å². The van der Waals surface area contributed by atoms with E-state index >= 15 is 0 Å². The van der Waals surface area contributed by atoms with Crippen LogP contribution >= 0.6 is 0 Å². The molecule has 0 radical (unpaired) electrons. The number of benzene rings is 3. The van der Waals surface area contributed by atoms with Crippen molar-refractivity contribution < 1.29 is 5.11 Å². The average Bonchev–Trinajstić information content (AvgIpc) is 3.56. The molecule has 0 aliphatic heterocycles. The summed E-state index contributed by atoms with van der Waals surface area (Å²) in [5, 5.41) is 12.4.